The van der Waals surface area contributed by atoms with Crippen molar-refractivity contribution >= 4 is 23.6 Å². The van der Waals surface area contributed by atoms with Gasteiger partial charge in [-0.3, -0.25) is 14.3 Å². The molecule has 0 radical (unpaired) electrons. The van der Waals surface area contributed by atoms with Gasteiger partial charge in [0, 0.05) is 35.2 Å². The molecule has 0 spiro atoms. The van der Waals surface area contributed by atoms with Crippen LogP contribution in [0.3, 0.4) is 0 Å². The highest BCUT2D eigenvalue weighted by molar-refractivity contribution is 8.01. The lowest BCUT2D eigenvalue weighted by Crippen LogP contribution is -2.44. The van der Waals surface area contributed by atoms with E-state index >= 15 is 0 Å². The van der Waals surface area contributed by atoms with Crippen LogP contribution in [0.4, 0.5) is 0 Å². The number of amides is 2. The quantitative estimate of drug-likeness (QED) is 0.573. The summed E-state index contributed by atoms with van der Waals surface area (Å²) in [4.78, 5) is 28.7. The van der Waals surface area contributed by atoms with Crippen molar-refractivity contribution < 1.29 is 14.7 Å². The maximum Gasteiger partial charge on any atom is 0.272 e. The Bertz CT molecular complexity index is 1090. The molecule has 1 aromatic heterocycles. The van der Waals surface area contributed by atoms with Gasteiger partial charge >= 0.3 is 0 Å². The SMILES string of the molecule is Cc1ccc(CNC(=O)c2nn(CC(C)(C)O)c3c2CCN(CC2(SC4CC4)CC2)C3=O)cc1. The number of hydrogen-bond donors (Lipinski definition) is 2. The van der Waals surface area contributed by atoms with E-state index in [0.717, 1.165) is 17.4 Å². The molecule has 2 aliphatic carbocycles. The maximum absolute atomic E-state index is 13.6. The van der Waals surface area contributed by atoms with Crippen LogP contribution >= 0.6 is 11.8 Å². The van der Waals surface area contributed by atoms with Gasteiger partial charge in [0.1, 0.15) is 5.69 Å². The zero-order chi connectivity index (χ0) is 24.1. The minimum atomic E-state index is -1.06. The molecule has 0 unspecified atom stereocenters. The van der Waals surface area contributed by atoms with Crippen molar-refractivity contribution in [3.05, 3.63) is 52.3 Å². The molecule has 2 amide bonds. The first kappa shape index (κ1) is 23.4. The number of nitrogens with one attached hydrogen (secondary N) is 1. The fraction of sp³-hybridized carbons (Fsp3) is 0.577. The van der Waals surface area contributed by atoms with Crippen LogP contribution in [0.1, 0.15) is 77.2 Å². The fourth-order valence-corrected chi connectivity index (χ4v) is 6.25. The number of nitrogens with zero attached hydrogens (tertiary/aromatic N) is 3. The minimum absolute atomic E-state index is 0.0711. The van der Waals surface area contributed by atoms with Gasteiger partial charge in [0.2, 0.25) is 0 Å². The molecule has 1 aromatic carbocycles. The zero-order valence-electron chi connectivity index (χ0n) is 20.3. The maximum atomic E-state index is 13.6. The Morgan fingerprint density at radius 2 is 1.97 bits per heavy atom. The molecule has 2 aromatic rings. The molecule has 2 saturated carbocycles. The molecule has 0 bridgehead atoms. The highest BCUT2D eigenvalue weighted by Gasteiger charge is 2.49. The van der Waals surface area contributed by atoms with Gasteiger partial charge < -0.3 is 15.3 Å². The summed E-state index contributed by atoms with van der Waals surface area (Å²) in [5.41, 5.74) is 2.58. The van der Waals surface area contributed by atoms with E-state index in [2.05, 4.69) is 22.2 Å². The molecular formula is C26H34N4O3S. The lowest BCUT2D eigenvalue weighted by atomic mass is 10.0. The van der Waals surface area contributed by atoms with E-state index in [1.165, 1.54) is 31.2 Å². The second-order valence-electron chi connectivity index (χ2n) is 10.8. The second kappa shape index (κ2) is 8.72. The normalized spacial score (nSPS) is 19.2. The van der Waals surface area contributed by atoms with Crippen molar-refractivity contribution in [2.24, 2.45) is 0 Å². The number of thioether (sulfide) groups is 1. The average molecular weight is 483 g/mol. The topological polar surface area (TPSA) is 87.5 Å². The molecule has 34 heavy (non-hydrogen) atoms. The molecule has 0 saturated heterocycles. The highest BCUT2D eigenvalue weighted by Crippen LogP contribution is 2.55. The van der Waals surface area contributed by atoms with Crippen LogP contribution in [0.15, 0.2) is 24.3 Å². The predicted molar refractivity (Wildman–Crippen MR) is 133 cm³/mol. The van der Waals surface area contributed by atoms with Gasteiger partial charge in [-0.05, 0) is 58.4 Å². The Kier molecular flexibility index (Phi) is 6.01. The molecule has 7 nitrogen and oxygen atoms in total. The first-order valence-corrected chi connectivity index (χ1v) is 13.1. The predicted octanol–water partition coefficient (Wildman–Crippen LogP) is 3.32. The number of carbonyl (C=O) groups is 2. The Hall–Kier alpha value is -2.32. The van der Waals surface area contributed by atoms with Crippen molar-refractivity contribution in [2.75, 3.05) is 13.1 Å². The number of carbonyl (C=O) groups excluding carboxylic acids is 2. The Labute approximate surface area is 205 Å². The second-order valence-corrected chi connectivity index (χ2v) is 12.6. The van der Waals surface area contributed by atoms with Gasteiger partial charge in [-0.1, -0.05) is 29.8 Å². The van der Waals surface area contributed by atoms with E-state index in [0.29, 0.717) is 36.5 Å². The third-order valence-electron chi connectivity index (χ3n) is 6.73. The largest absolute Gasteiger partial charge is 0.389 e. The summed E-state index contributed by atoms with van der Waals surface area (Å²) in [5, 5.41) is 18.7. The Morgan fingerprint density at radius 1 is 1.26 bits per heavy atom. The molecule has 5 rings (SSSR count). The van der Waals surface area contributed by atoms with E-state index in [1.54, 1.807) is 18.5 Å². The number of aliphatic hydroxyl groups is 1. The van der Waals surface area contributed by atoms with Crippen molar-refractivity contribution in [1.82, 2.24) is 20.0 Å². The van der Waals surface area contributed by atoms with Crippen LogP contribution in [-0.4, -0.2) is 60.3 Å². The lowest BCUT2D eigenvalue weighted by molar-refractivity contribution is 0.0535. The minimum Gasteiger partial charge on any atom is -0.389 e. The Morgan fingerprint density at radius 3 is 2.59 bits per heavy atom. The van der Waals surface area contributed by atoms with Crippen LogP contribution < -0.4 is 5.32 Å². The molecule has 2 heterocycles. The number of rotatable bonds is 9. The van der Waals surface area contributed by atoms with Gasteiger partial charge in [-0.15, -0.1) is 11.8 Å². The Balaban J connectivity index is 1.36. The van der Waals surface area contributed by atoms with Crippen molar-refractivity contribution in [2.45, 2.75) is 81.6 Å². The summed E-state index contributed by atoms with van der Waals surface area (Å²) in [7, 11) is 0. The smallest absolute Gasteiger partial charge is 0.272 e. The van der Waals surface area contributed by atoms with E-state index in [-0.39, 0.29) is 23.1 Å². The van der Waals surface area contributed by atoms with E-state index in [9.17, 15) is 14.7 Å². The lowest BCUT2D eigenvalue weighted by Gasteiger charge is -2.31. The van der Waals surface area contributed by atoms with Crippen LogP contribution in [0.5, 0.6) is 0 Å². The highest BCUT2D eigenvalue weighted by atomic mass is 32.2. The van der Waals surface area contributed by atoms with Crippen LogP contribution in [-0.2, 0) is 19.5 Å². The average Bonchev–Trinajstić information content (AvgIpc) is 3.70. The monoisotopic (exact) mass is 482 g/mol. The zero-order valence-corrected chi connectivity index (χ0v) is 21.1. The number of aryl methyl sites for hydroxylation is 1. The summed E-state index contributed by atoms with van der Waals surface area (Å²) < 4.78 is 1.77. The summed E-state index contributed by atoms with van der Waals surface area (Å²) >= 11 is 2.07. The van der Waals surface area contributed by atoms with Crippen molar-refractivity contribution in [3.8, 4) is 0 Å². The van der Waals surface area contributed by atoms with Crippen LogP contribution in [0, 0.1) is 6.92 Å². The van der Waals surface area contributed by atoms with E-state index in [4.69, 9.17) is 0 Å². The summed E-state index contributed by atoms with van der Waals surface area (Å²) in [6, 6.07) is 8.02. The van der Waals surface area contributed by atoms with Gasteiger partial charge in [0.25, 0.3) is 11.8 Å². The number of aromatic nitrogens is 2. The molecule has 182 valence electrons. The first-order valence-electron chi connectivity index (χ1n) is 12.3. The van der Waals surface area contributed by atoms with Gasteiger partial charge in [-0.25, -0.2) is 0 Å². The molecule has 0 atom stereocenters. The van der Waals surface area contributed by atoms with Gasteiger partial charge in [0.15, 0.2) is 5.69 Å². The van der Waals surface area contributed by atoms with Crippen molar-refractivity contribution in [1.29, 1.82) is 0 Å². The third kappa shape index (κ3) is 5.18. The molecule has 3 aliphatic rings. The first-order chi connectivity index (χ1) is 16.1. The number of benzene rings is 1. The fourth-order valence-electron chi connectivity index (χ4n) is 4.60. The number of fused-ring (bicyclic) bond motifs is 1. The number of hydrogen-bond acceptors (Lipinski definition) is 5. The van der Waals surface area contributed by atoms with Crippen LogP contribution in [0.2, 0.25) is 0 Å². The standard InChI is InChI=1S/C26H34N4O3S/c1-17-4-6-18(7-5-17)14-27-23(31)21-20-10-13-29(16-26(11-12-26)34-19-8-9-19)24(32)22(20)30(28-21)15-25(2,3)33/h4-7,19,33H,8-16H2,1-3H3,(H,27,31). The molecule has 2 fully saturated rings. The molecular weight excluding hydrogens is 448 g/mol. The van der Waals surface area contributed by atoms with Crippen molar-refractivity contribution in [3.63, 3.8) is 0 Å². The summed E-state index contributed by atoms with van der Waals surface area (Å²) in [6.07, 6.45) is 5.53. The van der Waals surface area contributed by atoms with Crippen LogP contribution in [0.25, 0.3) is 0 Å². The third-order valence-corrected chi connectivity index (χ3v) is 8.57. The van der Waals surface area contributed by atoms with Gasteiger partial charge in [-0.2, -0.15) is 5.10 Å². The molecule has 2 N–H and O–H groups in total. The molecule has 1 aliphatic heterocycles. The van der Waals surface area contributed by atoms with E-state index < -0.39 is 5.60 Å². The van der Waals surface area contributed by atoms with Gasteiger partial charge in [0.05, 0.1) is 12.1 Å². The molecule has 8 heteroatoms. The summed E-state index contributed by atoms with van der Waals surface area (Å²) in [5.74, 6) is -0.353. The van der Waals surface area contributed by atoms with E-state index in [1.807, 2.05) is 36.1 Å². The summed E-state index contributed by atoms with van der Waals surface area (Å²) in [6.45, 7) is 7.32.